The van der Waals surface area contributed by atoms with E-state index in [-0.39, 0.29) is 95.7 Å². The molecule has 486 valence electrons. The van der Waals surface area contributed by atoms with Crippen LogP contribution in [0.25, 0.3) is 0 Å². The number of likely N-dealkylation sites (tertiary alicyclic amines) is 1. The molecule has 3 unspecified atom stereocenters. The van der Waals surface area contributed by atoms with Gasteiger partial charge in [-0.25, -0.2) is 4.98 Å². The summed E-state index contributed by atoms with van der Waals surface area (Å²) in [6, 6.07) is -9.83. The van der Waals surface area contributed by atoms with E-state index >= 15 is 0 Å². The standard InChI is InChI=1S/C53H98N22O11/c54-19-4-1-12-34(60)44(78)69-38(18-24-59)49(83)74-41(31-76)46(80)66-30-43(77)68-39(15-9-23-58)52(86)75-27-11-17-42(75)51(85)73-40(28-33-29-63-32-67-33)50(84)72-36(14-3-6-21-56)47(81)71-37(16-10-26-65-53(61)62)48(82)70-35(13-2-5-20-55)45(79)64-25-8-7-22-57/h16,29,32,34-36,38-42,76H,1-15,17-28,30-31,54-60H2,(H,63,67)(H,64,79)(H,66,80)(H,68,77)(H,69,78)(H,70,82)(H,71,81)(H,72,84)(H,73,85)(H,74,83)(H4,61,62,65)/b37-16-/t34?,35-,36-,38-,39+,40?,41?,42-/m0/s1. The molecule has 33 heteroatoms. The highest BCUT2D eigenvalue weighted by atomic mass is 16.3. The fourth-order valence-electron chi connectivity index (χ4n) is 8.99. The number of carbonyl (C=O) groups is 10. The number of hydrogen-bond donors (Lipinski definition) is 20. The third-order valence-corrected chi connectivity index (χ3v) is 13.8. The topological polar surface area (TPSA) is 578 Å². The zero-order chi connectivity index (χ0) is 63.8. The fraction of sp³-hybridized carbons (Fsp3) is 0.698. The number of H-pyrrole nitrogens is 1. The van der Waals surface area contributed by atoms with Gasteiger partial charge in [0.25, 0.3) is 5.91 Å². The number of aliphatic hydroxyl groups is 1. The lowest BCUT2D eigenvalue weighted by atomic mass is 10.0. The molecule has 1 aliphatic heterocycles. The van der Waals surface area contributed by atoms with Crippen LogP contribution in [-0.2, 0) is 54.4 Å². The predicted octanol–water partition coefficient (Wildman–Crippen LogP) is -7.72. The van der Waals surface area contributed by atoms with E-state index in [0.29, 0.717) is 96.1 Å². The first-order chi connectivity index (χ1) is 41.3. The highest BCUT2D eigenvalue weighted by molar-refractivity contribution is 6.02. The molecule has 0 radical (unpaired) electrons. The van der Waals surface area contributed by atoms with E-state index < -0.39 is 121 Å². The maximum Gasteiger partial charge on any atom is 0.268 e. The van der Waals surface area contributed by atoms with Crippen LogP contribution >= 0.6 is 0 Å². The summed E-state index contributed by atoms with van der Waals surface area (Å²) in [5.41, 5.74) is 51.3. The number of aromatic amines is 1. The van der Waals surface area contributed by atoms with E-state index in [2.05, 4.69) is 62.8 Å². The van der Waals surface area contributed by atoms with Gasteiger partial charge in [0.15, 0.2) is 5.96 Å². The van der Waals surface area contributed by atoms with Crippen molar-refractivity contribution < 1.29 is 53.1 Å². The Morgan fingerprint density at radius 3 is 1.80 bits per heavy atom. The highest BCUT2D eigenvalue weighted by Gasteiger charge is 2.40. The van der Waals surface area contributed by atoms with Crippen LogP contribution in [0.2, 0.25) is 0 Å². The molecule has 0 saturated carbocycles. The number of rotatable bonds is 45. The van der Waals surface area contributed by atoms with Gasteiger partial charge in [-0.3, -0.25) is 52.9 Å². The lowest BCUT2D eigenvalue weighted by Gasteiger charge is -2.30. The third-order valence-electron chi connectivity index (χ3n) is 13.8. The smallest absolute Gasteiger partial charge is 0.268 e. The Morgan fingerprint density at radius 2 is 1.20 bits per heavy atom. The lowest BCUT2D eigenvalue weighted by molar-refractivity contribution is -0.142. The summed E-state index contributed by atoms with van der Waals surface area (Å²) in [6.07, 6.45) is 9.78. The number of aliphatic imine (C=N–C) groups is 1. The number of nitrogens with one attached hydrogen (secondary N) is 10. The van der Waals surface area contributed by atoms with Crippen LogP contribution in [0.4, 0.5) is 0 Å². The van der Waals surface area contributed by atoms with Crippen LogP contribution in [0, 0.1) is 0 Å². The second-order valence-corrected chi connectivity index (χ2v) is 20.7. The number of imidazole rings is 1. The van der Waals surface area contributed by atoms with Crippen molar-refractivity contribution in [1.82, 2.24) is 62.7 Å². The van der Waals surface area contributed by atoms with Crippen LogP contribution in [0.5, 0.6) is 0 Å². The van der Waals surface area contributed by atoms with Gasteiger partial charge in [0, 0.05) is 37.9 Å². The molecule has 33 nitrogen and oxygen atoms in total. The number of amides is 10. The summed E-state index contributed by atoms with van der Waals surface area (Å²) in [4.78, 5) is 150. The first kappa shape index (κ1) is 74.7. The Labute approximate surface area is 501 Å². The number of aromatic nitrogens is 2. The maximum absolute atomic E-state index is 14.5. The molecule has 0 bridgehead atoms. The fourth-order valence-corrected chi connectivity index (χ4v) is 8.99. The van der Waals surface area contributed by atoms with Gasteiger partial charge in [0.2, 0.25) is 53.2 Å². The van der Waals surface area contributed by atoms with E-state index in [1.165, 1.54) is 23.5 Å². The molecule has 0 aliphatic carbocycles. The van der Waals surface area contributed by atoms with Gasteiger partial charge in [-0.1, -0.05) is 12.5 Å². The van der Waals surface area contributed by atoms with E-state index in [4.69, 9.17) is 51.6 Å². The van der Waals surface area contributed by atoms with Gasteiger partial charge in [-0.05, 0) is 142 Å². The van der Waals surface area contributed by atoms with Gasteiger partial charge in [0.1, 0.15) is 48.0 Å². The molecule has 1 aromatic rings. The van der Waals surface area contributed by atoms with Gasteiger partial charge in [-0.15, -0.1) is 0 Å². The molecule has 8 atom stereocenters. The van der Waals surface area contributed by atoms with Crippen LogP contribution in [-0.4, -0.2) is 205 Å². The molecular weight excluding hydrogens is 1120 g/mol. The zero-order valence-electron chi connectivity index (χ0n) is 49.4. The lowest BCUT2D eigenvalue weighted by Crippen LogP contribution is -2.59. The first-order valence-electron chi connectivity index (χ1n) is 29.6. The Morgan fingerprint density at radius 1 is 0.628 bits per heavy atom. The van der Waals surface area contributed by atoms with Crippen molar-refractivity contribution in [2.45, 2.75) is 164 Å². The minimum absolute atomic E-state index is 0.0216. The molecule has 1 saturated heterocycles. The number of unbranched alkanes of at least 4 members (excludes halogenated alkanes) is 4. The number of aliphatic hydroxyl groups excluding tert-OH is 1. The molecule has 1 aliphatic rings. The number of nitrogens with two attached hydrogens (primary N) is 9. The number of hydrogen-bond acceptors (Lipinski definition) is 20. The molecule has 2 heterocycles. The van der Waals surface area contributed by atoms with E-state index in [1.807, 2.05) is 0 Å². The average Bonchev–Trinajstić information content (AvgIpc) is 3.06. The molecule has 1 fully saturated rings. The summed E-state index contributed by atoms with van der Waals surface area (Å²) in [5.74, 6) is -7.80. The van der Waals surface area contributed by atoms with Crippen molar-refractivity contribution in [2.24, 2.45) is 56.6 Å². The summed E-state index contributed by atoms with van der Waals surface area (Å²) in [7, 11) is 0. The number of nitrogens with zero attached hydrogens (tertiary/aromatic N) is 3. The van der Waals surface area contributed by atoms with Crippen molar-refractivity contribution in [3.8, 4) is 0 Å². The maximum atomic E-state index is 14.5. The highest BCUT2D eigenvalue weighted by Crippen LogP contribution is 2.21. The van der Waals surface area contributed by atoms with Crippen LogP contribution < -0.4 is 99.5 Å². The summed E-state index contributed by atoms with van der Waals surface area (Å²) < 4.78 is 0. The number of guanidine groups is 1. The minimum atomic E-state index is -1.57. The Hall–Kier alpha value is -7.40. The molecule has 29 N–H and O–H groups in total. The molecule has 0 spiro atoms. The van der Waals surface area contributed by atoms with E-state index in [0.717, 1.165) is 0 Å². The second kappa shape index (κ2) is 43.3. The number of carbonyl (C=O) groups excluding carboxylic acids is 10. The monoisotopic (exact) mass is 1220 g/mol. The van der Waals surface area contributed by atoms with Gasteiger partial charge >= 0.3 is 0 Å². The van der Waals surface area contributed by atoms with Crippen LogP contribution in [0.15, 0.2) is 29.3 Å². The first-order valence-corrected chi connectivity index (χ1v) is 29.6. The normalized spacial score (nSPS) is 15.5. The van der Waals surface area contributed by atoms with Crippen molar-refractivity contribution in [3.05, 3.63) is 30.0 Å². The molecule has 1 aromatic heterocycles. The molecule has 0 aromatic carbocycles. The van der Waals surface area contributed by atoms with Crippen LogP contribution in [0.3, 0.4) is 0 Å². The van der Waals surface area contributed by atoms with E-state index in [1.54, 1.807) is 0 Å². The summed E-state index contributed by atoms with van der Waals surface area (Å²) in [6.45, 7) is 0.367. The second-order valence-electron chi connectivity index (χ2n) is 20.7. The van der Waals surface area contributed by atoms with Gasteiger partial charge in [-0.2, -0.15) is 0 Å². The van der Waals surface area contributed by atoms with Crippen molar-refractivity contribution >= 4 is 65.0 Å². The van der Waals surface area contributed by atoms with Crippen molar-refractivity contribution in [3.63, 3.8) is 0 Å². The van der Waals surface area contributed by atoms with Crippen molar-refractivity contribution in [1.29, 1.82) is 0 Å². The molecule has 86 heavy (non-hydrogen) atoms. The SMILES string of the molecule is NCCCCNC(=O)[C@H](CCCCN)NC(=O)/C(=C/CCN=C(N)N)NC(=O)[C@H](CCCCN)NC(=O)C(Cc1cnc[nH]1)NC(=O)[C@@H]1CCCN1C(=O)[C@@H](CCCN)NC(=O)CNC(=O)C(CO)NC(=O)[C@H](CCN)NC(=O)C(N)CCCCN. The Kier molecular flexibility index (Phi) is 37.6. The molecular formula is C53H98N22O11. The largest absolute Gasteiger partial charge is 0.394 e. The molecule has 10 amide bonds. The van der Waals surface area contributed by atoms with Gasteiger partial charge < -0.3 is 114 Å². The minimum Gasteiger partial charge on any atom is -0.394 e. The molecule has 2 rings (SSSR count). The van der Waals surface area contributed by atoms with E-state index in [9.17, 15) is 53.1 Å². The average molecular weight is 1220 g/mol. The summed E-state index contributed by atoms with van der Waals surface area (Å²) >= 11 is 0. The zero-order valence-corrected chi connectivity index (χ0v) is 49.4. The Bertz CT molecular complexity index is 2320. The van der Waals surface area contributed by atoms with Gasteiger partial charge in [0.05, 0.1) is 25.5 Å². The third kappa shape index (κ3) is 28.7. The summed E-state index contributed by atoms with van der Waals surface area (Å²) in [5, 5.41) is 33.4. The quantitative estimate of drug-likeness (QED) is 0.0125. The predicted molar refractivity (Wildman–Crippen MR) is 320 cm³/mol. The van der Waals surface area contributed by atoms with Crippen molar-refractivity contribution in [2.75, 3.05) is 72.1 Å². The Balaban J connectivity index is 2.34. The van der Waals surface area contributed by atoms with Crippen LogP contribution in [0.1, 0.15) is 115 Å².